The highest BCUT2D eigenvalue weighted by Gasteiger charge is 2.18. The maximum atomic E-state index is 9.53. The summed E-state index contributed by atoms with van der Waals surface area (Å²) < 4.78 is 3.42. The Bertz CT molecular complexity index is 982. The maximum Gasteiger partial charge on any atom is 0.163 e. The van der Waals surface area contributed by atoms with Gasteiger partial charge in [-0.05, 0) is 25.8 Å². The Kier molecular flexibility index (Phi) is 5.57. The number of aryl methyl sites for hydroxylation is 3. The third-order valence-corrected chi connectivity index (χ3v) is 4.57. The van der Waals surface area contributed by atoms with Crippen LogP contribution in [0, 0.1) is 18.3 Å². The van der Waals surface area contributed by atoms with E-state index in [1.165, 1.54) is 0 Å². The zero-order chi connectivity index (χ0) is 19.4. The van der Waals surface area contributed by atoms with Crippen molar-refractivity contribution in [3.8, 4) is 6.07 Å². The number of aliphatic hydroxyl groups excluding tert-OH is 1. The summed E-state index contributed by atoms with van der Waals surface area (Å²) in [5.74, 6) is 0.763. The van der Waals surface area contributed by atoms with E-state index in [0.29, 0.717) is 48.8 Å². The Hall–Kier alpha value is -3.12. The zero-order valence-electron chi connectivity index (χ0n) is 15.6. The first-order valence-electron chi connectivity index (χ1n) is 9.03. The Balaban J connectivity index is 1.82. The second-order valence-electron chi connectivity index (χ2n) is 6.29. The van der Waals surface area contributed by atoms with Crippen LogP contribution >= 0.6 is 0 Å². The Morgan fingerprint density at radius 3 is 2.93 bits per heavy atom. The van der Waals surface area contributed by atoms with Crippen LogP contribution in [0.1, 0.15) is 35.9 Å². The van der Waals surface area contributed by atoms with Gasteiger partial charge in [-0.15, -0.1) is 0 Å². The van der Waals surface area contributed by atoms with Gasteiger partial charge in [-0.1, -0.05) is 6.92 Å². The summed E-state index contributed by atoms with van der Waals surface area (Å²) in [7, 11) is 0. The molecule has 0 radical (unpaired) electrons. The van der Waals surface area contributed by atoms with E-state index in [0.717, 1.165) is 23.4 Å². The summed E-state index contributed by atoms with van der Waals surface area (Å²) in [6.45, 7) is 5.35. The number of aromatic nitrogens is 5. The molecular weight excluding hydrogens is 344 g/mol. The van der Waals surface area contributed by atoms with Crippen molar-refractivity contribution < 1.29 is 5.11 Å². The van der Waals surface area contributed by atoms with E-state index >= 15 is 0 Å². The predicted molar refractivity (Wildman–Crippen MR) is 102 cm³/mol. The minimum atomic E-state index is 0.136. The summed E-state index contributed by atoms with van der Waals surface area (Å²) >= 11 is 0. The minimum Gasteiger partial charge on any atom is -0.396 e. The van der Waals surface area contributed by atoms with E-state index in [9.17, 15) is 5.26 Å². The lowest BCUT2D eigenvalue weighted by Gasteiger charge is -2.11. The molecule has 0 saturated heterocycles. The van der Waals surface area contributed by atoms with E-state index in [2.05, 4.69) is 26.6 Å². The molecule has 0 aromatic carbocycles. The highest BCUT2D eigenvalue weighted by Crippen LogP contribution is 2.24. The van der Waals surface area contributed by atoms with E-state index in [4.69, 9.17) is 10.8 Å². The molecule has 27 heavy (non-hydrogen) atoms. The van der Waals surface area contributed by atoms with Crippen LogP contribution in [0.3, 0.4) is 0 Å². The monoisotopic (exact) mass is 368 g/mol. The van der Waals surface area contributed by atoms with Crippen molar-refractivity contribution in [1.82, 2.24) is 24.4 Å². The number of fused-ring (bicyclic) bond motifs is 1. The third kappa shape index (κ3) is 3.57. The van der Waals surface area contributed by atoms with Crippen LogP contribution in [0.2, 0.25) is 0 Å². The molecule has 0 aliphatic rings. The van der Waals surface area contributed by atoms with Crippen LogP contribution in [0.25, 0.3) is 5.65 Å². The molecule has 0 unspecified atom stereocenters. The molecule has 0 atom stereocenters. The van der Waals surface area contributed by atoms with Crippen LogP contribution < -0.4 is 11.1 Å². The Morgan fingerprint density at radius 2 is 2.22 bits per heavy atom. The topological polar surface area (TPSA) is 130 Å². The number of nitriles is 1. The van der Waals surface area contributed by atoms with Gasteiger partial charge in [-0.2, -0.15) is 20.0 Å². The first-order valence-corrected chi connectivity index (χ1v) is 9.03. The number of hydrogen-bond donors (Lipinski definition) is 3. The third-order valence-electron chi connectivity index (χ3n) is 4.57. The van der Waals surface area contributed by atoms with E-state index in [-0.39, 0.29) is 6.61 Å². The average molecular weight is 368 g/mol. The Labute approximate surface area is 157 Å². The van der Waals surface area contributed by atoms with Crippen LogP contribution in [0.5, 0.6) is 0 Å². The van der Waals surface area contributed by atoms with Crippen molar-refractivity contribution in [1.29, 1.82) is 5.26 Å². The fraction of sp³-hybridized carbons (Fsp3) is 0.444. The number of rotatable bonds is 8. The molecule has 0 aliphatic carbocycles. The maximum absolute atomic E-state index is 9.53. The first-order chi connectivity index (χ1) is 13.1. The molecule has 0 saturated carbocycles. The van der Waals surface area contributed by atoms with E-state index < -0.39 is 0 Å². The molecule has 3 rings (SSSR count). The van der Waals surface area contributed by atoms with Crippen LogP contribution in [-0.2, 0) is 19.4 Å². The van der Waals surface area contributed by atoms with Gasteiger partial charge in [-0.25, -0.2) is 4.98 Å². The van der Waals surface area contributed by atoms with Gasteiger partial charge in [0.2, 0.25) is 0 Å². The molecule has 4 N–H and O–H groups in total. The molecular formula is C18H24N8O. The van der Waals surface area contributed by atoms with Crippen molar-refractivity contribution in [2.75, 3.05) is 24.2 Å². The van der Waals surface area contributed by atoms with Gasteiger partial charge < -0.3 is 16.2 Å². The number of anilines is 2. The quantitative estimate of drug-likeness (QED) is 0.546. The summed E-state index contributed by atoms with van der Waals surface area (Å²) in [5, 5.41) is 30.4. The lowest BCUT2D eigenvalue weighted by Crippen LogP contribution is -2.14. The largest absolute Gasteiger partial charge is 0.396 e. The van der Waals surface area contributed by atoms with Crippen LogP contribution in [-0.4, -0.2) is 42.6 Å². The molecule has 9 heteroatoms. The standard InChI is InChI=1S/C18H24N8O/c1-3-14-12(2)24-26-16(20)15(11-19)17(23-18(14)26)21-7-5-13-6-8-22-25(13)9-4-10-27/h6,8,27H,3-5,7,9-10,20H2,1-2H3,(H,21,23). The second-order valence-corrected chi connectivity index (χ2v) is 6.29. The molecule has 9 nitrogen and oxygen atoms in total. The number of nitrogens with one attached hydrogen (secondary N) is 1. The van der Waals surface area contributed by atoms with Crippen molar-refractivity contribution in [2.45, 2.75) is 39.7 Å². The molecule has 0 fully saturated rings. The van der Waals surface area contributed by atoms with Crippen molar-refractivity contribution in [3.05, 3.63) is 34.8 Å². The SMILES string of the molecule is CCc1c(C)nn2c(N)c(C#N)c(NCCc3ccnn3CCCO)nc12. The second kappa shape index (κ2) is 8.05. The summed E-state index contributed by atoms with van der Waals surface area (Å²) in [5.41, 5.74) is 10.1. The predicted octanol–water partition coefficient (Wildman–Crippen LogP) is 1.29. The summed E-state index contributed by atoms with van der Waals surface area (Å²) in [6, 6.07) is 4.08. The highest BCUT2D eigenvalue weighted by molar-refractivity contribution is 5.69. The normalized spacial score (nSPS) is 11.0. The van der Waals surface area contributed by atoms with E-state index in [1.54, 1.807) is 10.7 Å². The molecule has 3 aromatic rings. The lowest BCUT2D eigenvalue weighted by molar-refractivity contribution is 0.276. The fourth-order valence-corrected chi connectivity index (χ4v) is 3.17. The van der Waals surface area contributed by atoms with Gasteiger partial charge in [0.1, 0.15) is 23.3 Å². The molecule has 0 spiro atoms. The lowest BCUT2D eigenvalue weighted by atomic mass is 10.2. The van der Waals surface area contributed by atoms with Crippen molar-refractivity contribution in [3.63, 3.8) is 0 Å². The molecule has 0 bridgehead atoms. The van der Waals surface area contributed by atoms with Crippen molar-refractivity contribution >= 4 is 17.3 Å². The highest BCUT2D eigenvalue weighted by atomic mass is 16.3. The molecule has 0 aliphatic heterocycles. The minimum absolute atomic E-state index is 0.136. The van der Waals surface area contributed by atoms with Gasteiger partial charge in [0.15, 0.2) is 5.65 Å². The zero-order valence-corrected chi connectivity index (χ0v) is 15.6. The van der Waals surface area contributed by atoms with Crippen molar-refractivity contribution in [2.24, 2.45) is 0 Å². The van der Waals surface area contributed by atoms with Gasteiger partial charge >= 0.3 is 0 Å². The van der Waals surface area contributed by atoms with Gasteiger partial charge in [0, 0.05) is 43.6 Å². The molecule has 142 valence electrons. The van der Waals surface area contributed by atoms with Gasteiger partial charge in [0.25, 0.3) is 0 Å². The van der Waals surface area contributed by atoms with Crippen LogP contribution in [0.15, 0.2) is 12.3 Å². The smallest absolute Gasteiger partial charge is 0.163 e. The van der Waals surface area contributed by atoms with Gasteiger partial charge in [0.05, 0.1) is 5.69 Å². The molecule has 3 heterocycles. The first kappa shape index (κ1) is 18.7. The number of nitrogen functional groups attached to an aromatic ring is 1. The molecule has 3 aromatic heterocycles. The van der Waals surface area contributed by atoms with Crippen LogP contribution in [0.4, 0.5) is 11.6 Å². The number of hydrogen-bond acceptors (Lipinski definition) is 7. The van der Waals surface area contributed by atoms with Gasteiger partial charge in [-0.3, -0.25) is 4.68 Å². The Morgan fingerprint density at radius 1 is 1.41 bits per heavy atom. The average Bonchev–Trinajstić information content (AvgIpc) is 3.23. The fourth-order valence-electron chi connectivity index (χ4n) is 3.17. The number of nitrogens with zero attached hydrogens (tertiary/aromatic N) is 6. The number of nitrogens with two attached hydrogens (primary N) is 1. The summed E-state index contributed by atoms with van der Waals surface area (Å²) in [6.07, 6.45) is 3.91. The molecule has 0 amide bonds. The van der Waals surface area contributed by atoms with E-state index in [1.807, 2.05) is 24.6 Å². The summed E-state index contributed by atoms with van der Waals surface area (Å²) in [4.78, 5) is 4.62. The number of aliphatic hydroxyl groups is 1.